The third-order valence-corrected chi connectivity index (χ3v) is 3.92. The van der Waals surface area contributed by atoms with Crippen molar-refractivity contribution in [3.05, 3.63) is 23.8 Å². The monoisotopic (exact) mass is 270 g/mol. The second-order valence-electron chi connectivity index (χ2n) is 3.98. The molecule has 0 bridgehead atoms. The number of carbonyl (C=O) groups is 1. The van der Waals surface area contributed by atoms with E-state index in [4.69, 9.17) is 5.73 Å². The highest BCUT2D eigenvalue weighted by molar-refractivity contribution is 7.84. The van der Waals surface area contributed by atoms with Crippen molar-refractivity contribution in [3.63, 3.8) is 0 Å². The Morgan fingerprint density at radius 3 is 2.72 bits per heavy atom. The zero-order valence-electron chi connectivity index (χ0n) is 10.7. The number of ether oxygens (including phenoxy) is 1. The Morgan fingerprint density at radius 2 is 2.22 bits per heavy atom. The summed E-state index contributed by atoms with van der Waals surface area (Å²) in [4.78, 5) is 11.3. The first-order valence-corrected chi connectivity index (χ1v) is 7.11. The topological polar surface area (TPSA) is 81.4 Å². The first kappa shape index (κ1) is 14.5. The van der Waals surface area contributed by atoms with Crippen molar-refractivity contribution in [2.75, 3.05) is 31.0 Å². The third kappa shape index (κ3) is 3.73. The lowest BCUT2D eigenvalue weighted by molar-refractivity contribution is 0.0601. The van der Waals surface area contributed by atoms with Gasteiger partial charge in [0.05, 0.1) is 24.0 Å². The first-order valence-electron chi connectivity index (χ1n) is 5.49. The van der Waals surface area contributed by atoms with Crippen LogP contribution in [0.3, 0.4) is 0 Å². The molecule has 1 aromatic carbocycles. The maximum Gasteiger partial charge on any atom is 0.337 e. The SMILES string of the molecule is COC(=O)c1ccc(NCC(C)S(C)=O)c(N)c1. The van der Waals surface area contributed by atoms with E-state index in [0.717, 1.165) is 5.69 Å². The van der Waals surface area contributed by atoms with Crippen molar-refractivity contribution in [2.45, 2.75) is 12.2 Å². The van der Waals surface area contributed by atoms with E-state index in [1.165, 1.54) is 7.11 Å². The number of methoxy groups -OCH3 is 1. The summed E-state index contributed by atoms with van der Waals surface area (Å²) in [6, 6.07) is 4.91. The van der Waals surface area contributed by atoms with Crippen LogP contribution in [0.4, 0.5) is 11.4 Å². The van der Waals surface area contributed by atoms with Gasteiger partial charge in [0.2, 0.25) is 0 Å². The van der Waals surface area contributed by atoms with Crippen molar-refractivity contribution >= 4 is 28.1 Å². The van der Waals surface area contributed by atoms with Crippen LogP contribution >= 0.6 is 0 Å². The van der Waals surface area contributed by atoms with Gasteiger partial charge in [-0.15, -0.1) is 0 Å². The highest BCUT2D eigenvalue weighted by Crippen LogP contribution is 2.20. The average Bonchev–Trinajstić information content (AvgIpc) is 2.35. The second-order valence-corrected chi connectivity index (χ2v) is 5.79. The molecule has 100 valence electrons. The molecule has 0 fully saturated rings. The van der Waals surface area contributed by atoms with Gasteiger partial charge >= 0.3 is 5.97 Å². The number of nitrogens with one attached hydrogen (secondary N) is 1. The van der Waals surface area contributed by atoms with Gasteiger partial charge in [-0.2, -0.15) is 0 Å². The Bertz CT molecular complexity index is 463. The molecule has 0 aliphatic rings. The van der Waals surface area contributed by atoms with Gasteiger partial charge in [-0.25, -0.2) is 4.79 Å². The van der Waals surface area contributed by atoms with Crippen molar-refractivity contribution in [3.8, 4) is 0 Å². The van der Waals surface area contributed by atoms with Crippen molar-refractivity contribution in [1.29, 1.82) is 0 Å². The zero-order valence-corrected chi connectivity index (χ0v) is 11.5. The van der Waals surface area contributed by atoms with Gasteiger partial charge in [0.1, 0.15) is 0 Å². The van der Waals surface area contributed by atoms with E-state index in [0.29, 0.717) is 17.8 Å². The van der Waals surface area contributed by atoms with E-state index in [9.17, 15) is 9.00 Å². The molecule has 1 rings (SSSR count). The van der Waals surface area contributed by atoms with E-state index < -0.39 is 16.8 Å². The maximum atomic E-state index is 11.3. The summed E-state index contributed by atoms with van der Waals surface area (Å²) >= 11 is 0. The summed E-state index contributed by atoms with van der Waals surface area (Å²) < 4.78 is 15.8. The minimum Gasteiger partial charge on any atom is -0.465 e. The predicted octanol–water partition coefficient (Wildman–Crippen LogP) is 1.23. The molecule has 2 unspecified atom stereocenters. The Balaban J connectivity index is 2.74. The van der Waals surface area contributed by atoms with Crippen LogP contribution < -0.4 is 11.1 Å². The summed E-state index contributed by atoms with van der Waals surface area (Å²) in [6.45, 7) is 2.45. The number of nitrogens with two attached hydrogens (primary N) is 1. The van der Waals surface area contributed by atoms with Crippen molar-refractivity contribution in [1.82, 2.24) is 0 Å². The molecule has 0 saturated carbocycles. The highest BCUT2D eigenvalue weighted by atomic mass is 32.2. The third-order valence-electron chi connectivity index (χ3n) is 2.62. The predicted molar refractivity (Wildman–Crippen MR) is 74.2 cm³/mol. The quantitative estimate of drug-likeness (QED) is 0.621. The molecular formula is C12H18N2O3S. The lowest BCUT2D eigenvalue weighted by atomic mass is 10.1. The van der Waals surface area contributed by atoms with E-state index in [2.05, 4.69) is 10.1 Å². The Kier molecular flexibility index (Phi) is 5.15. The van der Waals surface area contributed by atoms with Gasteiger partial charge in [0.25, 0.3) is 0 Å². The molecule has 5 nitrogen and oxygen atoms in total. The van der Waals surface area contributed by atoms with Crippen LogP contribution in [0.2, 0.25) is 0 Å². The molecule has 0 amide bonds. The lowest BCUT2D eigenvalue weighted by Crippen LogP contribution is -2.21. The first-order chi connectivity index (χ1) is 8.45. The molecule has 0 spiro atoms. The Hall–Kier alpha value is -1.56. The largest absolute Gasteiger partial charge is 0.465 e. The number of esters is 1. The Labute approximate surface area is 109 Å². The summed E-state index contributed by atoms with van der Waals surface area (Å²) in [6.07, 6.45) is 1.66. The van der Waals surface area contributed by atoms with Crippen LogP contribution in [0, 0.1) is 0 Å². The van der Waals surface area contributed by atoms with Crippen LogP contribution in [0.25, 0.3) is 0 Å². The molecule has 0 saturated heterocycles. The highest BCUT2D eigenvalue weighted by Gasteiger charge is 2.10. The standard InChI is InChI=1S/C12H18N2O3S/c1-8(18(3)16)7-14-11-5-4-9(6-10(11)13)12(15)17-2/h4-6,8,14H,7,13H2,1-3H3. The summed E-state index contributed by atoms with van der Waals surface area (Å²) in [5.74, 6) is -0.420. The van der Waals surface area contributed by atoms with Crippen LogP contribution in [-0.4, -0.2) is 35.3 Å². The molecule has 2 atom stereocenters. The number of nitrogen functional groups attached to an aromatic ring is 1. The molecule has 18 heavy (non-hydrogen) atoms. The molecular weight excluding hydrogens is 252 g/mol. The van der Waals surface area contributed by atoms with E-state index in [-0.39, 0.29) is 5.25 Å². The van der Waals surface area contributed by atoms with E-state index >= 15 is 0 Å². The van der Waals surface area contributed by atoms with Crippen LogP contribution in [0.5, 0.6) is 0 Å². The van der Waals surface area contributed by atoms with E-state index in [1.807, 2.05) is 6.92 Å². The van der Waals surface area contributed by atoms with Gasteiger partial charge in [-0.1, -0.05) is 0 Å². The fourth-order valence-corrected chi connectivity index (χ4v) is 1.66. The number of hydrogen-bond acceptors (Lipinski definition) is 5. The average molecular weight is 270 g/mol. The Morgan fingerprint density at radius 1 is 1.56 bits per heavy atom. The smallest absolute Gasteiger partial charge is 0.337 e. The van der Waals surface area contributed by atoms with Gasteiger partial charge in [0.15, 0.2) is 0 Å². The molecule has 0 aliphatic heterocycles. The van der Waals surface area contributed by atoms with Crippen LogP contribution in [0.1, 0.15) is 17.3 Å². The van der Waals surface area contributed by atoms with E-state index in [1.54, 1.807) is 24.5 Å². The van der Waals surface area contributed by atoms with Crippen molar-refractivity contribution < 1.29 is 13.7 Å². The van der Waals surface area contributed by atoms with Gasteiger partial charge in [-0.3, -0.25) is 4.21 Å². The molecule has 6 heteroatoms. The number of rotatable bonds is 5. The number of anilines is 2. The molecule has 0 radical (unpaired) electrons. The minimum atomic E-state index is -0.881. The molecule has 0 heterocycles. The summed E-state index contributed by atoms with van der Waals surface area (Å²) in [5, 5.41) is 3.14. The second kappa shape index (κ2) is 6.39. The van der Waals surface area contributed by atoms with Crippen LogP contribution in [0.15, 0.2) is 18.2 Å². The van der Waals surface area contributed by atoms with Gasteiger partial charge in [-0.05, 0) is 25.1 Å². The number of benzene rings is 1. The fraction of sp³-hybridized carbons (Fsp3) is 0.417. The zero-order chi connectivity index (χ0) is 13.7. The summed E-state index contributed by atoms with van der Waals surface area (Å²) in [5.41, 5.74) is 7.43. The summed E-state index contributed by atoms with van der Waals surface area (Å²) in [7, 11) is 0.441. The maximum absolute atomic E-state index is 11.3. The van der Waals surface area contributed by atoms with Gasteiger partial charge in [0, 0.05) is 28.9 Å². The number of carbonyl (C=O) groups excluding carboxylic acids is 1. The lowest BCUT2D eigenvalue weighted by Gasteiger charge is -2.13. The van der Waals surface area contributed by atoms with Crippen LogP contribution in [-0.2, 0) is 15.5 Å². The molecule has 3 N–H and O–H groups in total. The molecule has 0 aliphatic carbocycles. The van der Waals surface area contributed by atoms with Crippen molar-refractivity contribution in [2.24, 2.45) is 0 Å². The fourth-order valence-electron chi connectivity index (χ4n) is 1.34. The molecule has 0 aromatic heterocycles. The van der Waals surface area contributed by atoms with Gasteiger partial charge < -0.3 is 15.8 Å². The minimum absolute atomic E-state index is 0.0321. The molecule has 1 aromatic rings. The number of hydrogen-bond donors (Lipinski definition) is 2. The normalized spacial score (nSPS) is 13.7.